The highest BCUT2D eigenvalue weighted by atomic mass is 32.1. The molecule has 1 atom stereocenters. The smallest absolute Gasteiger partial charge is 0.415 e. The molecule has 1 N–H and O–H groups in total. The fraction of sp³-hybridized carbons (Fsp3) is 0.500. The number of aliphatic carboxylic acids is 1. The molecule has 18 heavy (non-hydrogen) atoms. The van der Waals surface area contributed by atoms with Crippen molar-refractivity contribution in [3.63, 3.8) is 0 Å². The molecule has 1 rings (SSSR count). The topological polar surface area (TPSA) is 66.8 Å². The molecule has 0 aromatic carbocycles. The van der Waals surface area contributed by atoms with Gasteiger partial charge in [-0.15, -0.1) is 0 Å². The number of hydrogen-bond acceptors (Lipinski definition) is 4. The number of nitrogens with zero attached hydrogens (tertiary/aromatic N) is 1. The van der Waals surface area contributed by atoms with Gasteiger partial charge in [-0.2, -0.15) is 11.3 Å². The van der Waals surface area contributed by atoms with Crippen LogP contribution < -0.4 is 4.90 Å². The molecule has 0 radical (unpaired) electrons. The van der Waals surface area contributed by atoms with Crippen LogP contribution in [0.2, 0.25) is 0 Å². The first-order valence-corrected chi connectivity index (χ1v) is 6.44. The third-order valence-corrected chi connectivity index (χ3v) is 2.79. The zero-order valence-corrected chi connectivity index (χ0v) is 11.7. The molecule has 1 heterocycles. The van der Waals surface area contributed by atoms with Crippen LogP contribution in [0.1, 0.15) is 27.7 Å². The first kappa shape index (κ1) is 14.5. The van der Waals surface area contributed by atoms with Crippen molar-refractivity contribution >= 4 is 29.1 Å². The number of carbonyl (C=O) groups excluding carboxylic acids is 1. The third kappa shape index (κ3) is 3.73. The standard InChI is InChI=1S/C12H17NO4S/c1-8(10(14)15)13(9-5-6-18-7-9)11(16)17-12(2,3)4/h5-8H,1-4H3,(H,14,15)/t8-/m1/s1. The molecule has 0 saturated heterocycles. The number of hydrogen-bond donors (Lipinski definition) is 1. The second kappa shape index (κ2) is 5.39. The van der Waals surface area contributed by atoms with E-state index in [0.29, 0.717) is 5.69 Å². The molecule has 1 aromatic heterocycles. The highest BCUT2D eigenvalue weighted by molar-refractivity contribution is 7.08. The molecule has 0 saturated carbocycles. The van der Waals surface area contributed by atoms with Crippen molar-refractivity contribution in [2.24, 2.45) is 0 Å². The second-order valence-corrected chi connectivity index (χ2v) is 5.63. The number of carboxylic acid groups (broad SMARTS) is 1. The van der Waals surface area contributed by atoms with Gasteiger partial charge in [0.05, 0.1) is 5.69 Å². The summed E-state index contributed by atoms with van der Waals surface area (Å²) in [5, 5.41) is 12.5. The van der Waals surface area contributed by atoms with E-state index in [0.717, 1.165) is 4.90 Å². The Morgan fingerprint density at radius 2 is 2.06 bits per heavy atom. The van der Waals surface area contributed by atoms with Crippen molar-refractivity contribution in [3.8, 4) is 0 Å². The summed E-state index contributed by atoms with van der Waals surface area (Å²) in [6, 6.07) is 0.711. The van der Waals surface area contributed by atoms with E-state index >= 15 is 0 Å². The molecule has 0 spiro atoms. The molecule has 0 fully saturated rings. The molecule has 1 amide bonds. The van der Waals surface area contributed by atoms with Gasteiger partial charge in [-0.25, -0.2) is 9.59 Å². The predicted octanol–water partition coefficient (Wildman–Crippen LogP) is 2.96. The molecule has 0 aliphatic carbocycles. The zero-order valence-electron chi connectivity index (χ0n) is 10.8. The van der Waals surface area contributed by atoms with Gasteiger partial charge < -0.3 is 9.84 Å². The Kier molecular flexibility index (Phi) is 4.34. The van der Waals surface area contributed by atoms with E-state index in [-0.39, 0.29) is 0 Å². The van der Waals surface area contributed by atoms with Gasteiger partial charge >= 0.3 is 12.1 Å². The molecule has 0 bridgehead atoms. The van der Waals surface area contributed by atoms with E-state index < -0.39 is 23.7 Å². The summed E-state index contributed by atoms with van der Waals surface area (Å²) in [5.41, 5.74) is -0.131. The van der Waals surface area contributed by atoms with Crippen molar-refractivity contribution in [3.05, 3.63) is 16.8 Å². The van der Waals surface area contributed by atoms with Crippen molar-refractivity contribution in [1.29, 1.82) is 0 Å². The van der Waals surface area contributed by atoms with Gasteiger partial charge in [-0.05, 0) is 39.1 Å². The molecule has 0 unspecified atom stereocenters. The van der Waals surface area contributed by atoms with Crippen LogP contribution in [0.15, 0.2) is 16.8 Å². The van der Waals surface area contributed by atoms with Crippen molar-refractivity contribution in [1.82, 2.24) is 0 Å². The number of carbonyl (C=O) groups is 2. The van der Waals surface area contributed by atoms with Crippen LogP contribution in [0, 0.1) is 0 Å². The van der Waals surface area contributed by atoms with Crippen LogP contribution in [0.5, 0.6) is 0 Å². The van der Waals surface area contributed by atoms with Crippen molar-refractivity contribution in [2.75, 3.05) is 4.90 Å². The maximum absolute atomic E-state index is 12.0. The Labute approximate surface area is 110 Å². The largest absolute Gasteiger partial charge is 0.480 e. The monoisotopic (exact) mass is 271 g/mol. The normalized spacial score (nSPS) is 12.9. The van der Waals surface area contributed by atoms with Crippen LogP contribution in [-0.4, -0.2) is 28.8 Å². The summed E-state index contributed by atoms with van der Waals surface area (Å²) in [5.74, 6) is -1.08. The lowest BCUT2D eigenvalue weighted by Gasteiger charge is -2.29. The minimum atomic E-state index is -1.08. The molecular weight excluding hydrogens is 254 g/mol. The van der Waals surface area contributed by atoms with Gasteiger partial charge in [0.2, 0.25) is 0 Å². The van der Waals surface area contributed by atoms with Crippen LogP contribution in [-0.2, 0) is 9.53 Å². The number of amides is 1. The van der Waals surface area contributed by atoms with E-state index in [1.807, 2.05) is 0 Å². The van der Waals surface area contributed by atoms with Gasteiger partial charge in [0.1, 0.15) is 11.6 Å². The fourth-order valence-corrected chi connectivity index (χ4v) is 1.93. The molecule has 5 nitrogen and oxygen atoms in total. The van der Waals surface area contributed by atoms with E-state index in [1.54, 1.807) is 37.6 Å². The van der Waals surface area contributed by atoms with Crippen molar-refractivity contribution in [2.45, 2.75) is 39.3 Å². The number of carboxylic acids is 1. The quantitative estimate of drug-likeness (QED) is 0.917. The zero-order chi connectivity index (χ0) is 13.9. The predicted molar refractivity (Wildman–Crippen MR) is 70.1 cm³/mol. The molecule has 0 aliphatic heterocycles. The van der Waals surface area contributed by atoms with Gasteiger partial charge in [0.25, 0.3) is 0 Å². The van der Waals surface area contributed by atoms with E-state index in [9.17, 15) is 9.59 Å². The first-order chi connectivity index (χ1) is 8.22. The molecule has 1 aromatic rings. The maximum Gasteiger partial charge on any atom is 0.415 e. The average Bonchev–Trinajstić information content (AvgIpc) is 2.67. The highest BCUT2D eigenvalue weighted by Gasteiger charge is 2.31. The third-order valence-electron chi connectivity index (χ3n) is 2.12. The van der Waals surface area contributed by atoms with Gasteiger partial charge in [-0.1, -0.05) is 0 Å². The SMILES string of the molecule is C[C@H](C(=O)O)N(C(=O)OC(C)(C)C)c1ccsc1. The van der Waals surface area contributed by atoms with Crippen LogP contribution in [0.3, 0.4) is 0 Å². The van der Waals surface area contributed by atoms with E-state index in [2.05, 4.69) is 0 Å². The summed E-state index contributed by atoms with van der Waals surface area (Å²) in [7, 11) is 0. The lowest BCUT2D eigenvalue weighted by atomic mass is 10.2. The van der Waals surface area contributed by atoms with E-state index in [1.165, 1.54) is 18.3 Å². The lowest BCUT2D eigenvalue weighted by Crippen LogP contribution is -2.45. The Morgan fingerprint density at radius 3 is 2.44 bits per heavy atom. The maximum atomic E-state index is 12.0. The fourth-order valence-electron chi connectivity index (χ4n) is 1.30. The van der Waals surface area contributed by atoms with Crippen LogP contribution in [0.4, 0.5) is 10.5 Å². The van der Waals surface area contributed by atoms with Crippen molar-refractivity contribution < 1.29 is 19.4 Å². The average molecular weight is 271 g/mol. The summed E-state index contributed by atoms with van der Waals surface area (Å²) in [6.07, 6.45) is -0.657. The Morgan fingerprint density at radius 1 is 1.44 bits per heavy atom. The molecule has 100 valence electrons. The highest BCUT2D eigenvalue weighted by Crippen LogP contribution is 2.23. The number of ether oxygens (including phenoxy) is 1. The molecule has 0 aliphatic rings. The second-order valence-electron chi connectivity index (χ2n) is 4.85. The Bertz CT molecular complexity index is 422. The lowest BCUT2D eigenvalue weighted by molar-refractivity contribution is -0.138. The first-order valence-electron chi connectivity index (χ1n) is 5.49. The Hall–Kier alpha value is -1.56. The van der Waals surface area contributed by atoms with Gasteiger partial charge in [-0.3, -0.25) is 4.90 Å². The van der Waals surface area contributed by atoms with Gasteiger partial charge in [0.15, 0.2) is 0 Å². The summed E-state index contributed by atoms with van der Waals surface area (Å²) in [4.78, 5) is 24.3. The number of anilines is 1. The summed E-state index contributed by atoms with van der Waals surface area (Å²) < 4.78 is 5.22. The summed E-state index contributed by atoms with van der Waals surface area (Å²) >= 11 is 1.39. The minimum Gasteiger partial charge on any atom is -0.480 e. The summed E-state index contributed by atoms with van der Waals surface area (Å²) in [6.45, 7) is 6.66. The van der Waals surface area contributed by atoms with Crippen LogP contribution >= 0.6 is 11.3 Å². The molecular formula is C12H17NO4S. The van der Waals surface area contributed by atoms with Gasteiger partial charge in [0, 0.05) is 5.38 Å². The van der Waals surface area contributed by atoms with Crippen LogP contribution in [0.25, 0.3) is 0 Å². The minimum absolute atomic E-state index is 0.532. The Balaban J connectivity index is 2.99. The number of thiophene rings is 1. The molecule has 6 heteroatoms. The number of rotatable bonds is 3. The van der Waals surface area contributed by atoms with E-state index in [4.69, 9.17) is 9.84 Å².